The molecule has 0 amide bonds. The fourth-order valence-corrected chi connectivity index (χ4v) is 0.702. The first-order chi connectivity index (χ1) is 5.60. The van der Waals surface area contributed by atoms with Gasteiger partial charge in [-0.3, -0.25) is 4.79 Å². The summed E-state index contributed by atoms with van der Waals surface area (Å²) in [7, 11) is 0. The van der Waals surface area contributed by atoms with Crippen LogP contribution >= 0.6 is 0 Å². The van der Waals surface area contributed by atoms with Gasteiger partial charge in [0.25, 0.3) is 0 Å². The molecule has 0 spiro atoms. The molecule has 2 atom stereocenters. The topological polar surface area (TPSA) is 26.3 Å². The van der Waals surface area contributed by atoms with E-state index < -0.39 is 0 Å². The van der Waals surface area contributed by atoms with Crippen molar-refractivity contribution >= 4 is 5.97 Å². The van der Waals surface area contributed by atoms with Gasteiger partial charge in [0.05, 0.1) is 12.5 Å². The lowest BCUT2D eigenvalue weighted by molar-refractivity contribution is -0.148. The molecular weight excluding hydrogens is 152 g/mol. The Morgan fingerprint density at radius 1 is 1.58 bits per heavy atom. The van der Waals surface area contributed by atoms with Gasteiger partial charge in [0.2, 0.25) is 0 Å². The highest BCUT2D eigenvalue weighted by atomic mass is 16.5. The molecule has 2 heteroatoms. The Morgan fingerprint density at radius 2 is 2.17 bits per heavy atom. The van der Waals surface area contributed by atoms with E-state index in [1.807, 2.05) is 20.8 Å². The highest BCUT2D eigenvalue weighted by Gasteiger charge is 2.09. The Balaban J connectivity index is 3.66. The van der Waals surface area contributed by atoms with Crippen molar-refractivity contribution in [2.24, 2.45) is 5.92 Å². The maximum absolute atomic E-state index is 11.1. The zero-order valence-electron chi connectivity index (χ0n) is 8.17. The minimum atomic E-state index is -0.128. The van der Waals surface area contributed by atoms with E-state index in [1.54, 1.807) is 6.08 Å². The van der Waals surface area contributed by atoms with Gasteiger partial charge < -0.3 is 4.74 Å². The van der Waals surface area contributed by atoms with Gasteiger partial charge in [-0.2, -0.15) is 0 Å². The third-order valence-electron chi connectivity index (χ3n) is 1.80. The Morgan fingerprint density at radius 3 is 2.58 bits per heavy atom. The van der Waals surface area contributed by atoms with E-state index in [9.17, 15) is 4.79 Å². The summed E-state index contributed by atoms with van der Waals surface area (Å²) in [6, 6.07) is 0. The van der Waals surface area contributed by atoms with Gasteiger partial charge in [-0.25, -0.2) is 0 Å². The second kappa shape index (κ2) is 5.81. The van der Waals surface area contributed by atoms with Gasteiger partial charge in [-0.1, -0.05) is 19.9 Å². The summed E-state index contributed by atoms with van der Waals surface area (Å²) in [5.41, 5.74) is 0. The van der Waals surface area contributed by atoms with Crippen LogP contribution in [0, 0.1) is 5.92 Å². The Kier molecular flexibility index (Phi) is 5.43. The summed E-state index contributed by atoms with van der Waals surface area (Å²) in [5, 5.41) is 0. The summed E-state index contributed by atoms with van der Waals surface area (Å²) in [6.45, 7) is 9.45. The average Bonchev–Trinajstić information content (AvgIpc) is 2.03. The molecule has 2 unspecified atom stereocenters. The van der Waals surface area contributed by atoms with Crippen LogP contribution in [0.1, 0.15) is 33.6 Å². The van der Waals surface area contributed by atoms with Crippen molar-refractivity contribution in [2.45, 2.75) is 39.7 Å². The lowest BCUT2D eigenvalue weighted by Crippen LogP contribution is -2.15. The average molecular weight is 170 g/mol. The summed E-state index contributed by atoms with van der Waals surface area (Å²) in [4.78, 5) is 11.1. The van der Waals surface area contributed by atoms with E-state index in [4.69, 9.17) is 4.74 Å². The molecule has 0 aliphatic carbocycles. The molecule has 0 rings (SSSR count). The van der Waals surface area contributed by atoms with Crippen LogP contribution in [-0.4, -0.2) is 12.1 Å². The molecule has 70 valence electrons. The minimum Gasteiger partial charge on any atom is -0.463 e. The third-order valence-corrected chi connectivity index (χ3v) is 1.80. The van der Waals surface area contributed by atoms with Crippen molar-refractivity contribution < 1.29 is 9.53 Å². The second-order valence-electron chi connectivity index (χ2n) is 3.13. The highest BCUT2D eigenvalue weighted by molar-refractivity contribution is 5.70. The number of allylic oxidation sites excluding steroid dienone is 1. The lowest BCUT2D eigenvalue weighted by atomic mass is 10.1. The molecule has 0 N–H and O–H groups in total. The Hall–Kier alpha value is -0.790. The van der Waals surface area contributed by atoms with Gasteiger partial charge in [0.1, 0.15) is 0 Å². The fourth-order valence-electron chi connectivity index (χ4n) is 0.702. The van der Waals surface area contributed by atoms with Crippen molar-refractivity contribution in [1.82, 2.24) is 0 Å². The molecule has 0 fully saturated rings. The van der Waals surface area contributed by atoms with Crippen molar-refractivity contribution in [1.29, 1.82) is 0 Å². The molecule has 0 aliphatic rings. The second-order valence-corrected chi connectivity index (χ2v) is 3.13. The fraction of sp³-hybridized carbons (Fsp3) is 0.700. The molecule has 0 aromatic heterocycles. The molecule has 12 heavy (non-hydrogen) atoms. The van der Waals surface area contributed by atoms with Crippen LogP contribution in [0.4, 0.5) is 0 Å². The van der Waals surface area contributed by atoms with E-state index in [2.05, 4.69) is 6.58 Å². The predicted molar refractivity (Wildman–Crippen MR) is 49.8 cm³/mol. The van der Waals surface area contributed by atoms with Gasteiger partial charge >= 0.3 is 5.97 Å². The molecular formula is C10H18O2. The predicted octanol–water partition coefficient (Wildman–Crippen LogP) is 2.54. The molecule has 0 saturated heterocycles. The third kappa shape index (κ3) is 4.94. The standard InChI is InChI=1S/C10H18O2/c1-5-8(3)7-10(11)12-9(4)6-2/h5,8-9H,1,6-7H2,2-4H3. The number of rotatable bonds is 5. The summed E-state index contributed by atoms with van der Waals surface area (Å²) in [5.74, 6) is 0.0818. The first kappa shape index (κ1) is 11.2. The molecule has 0 aromatic carbocycles. The van der Waals surface area contributed by atoms with Gasteiger partial charge in [-0.05, 0) is 19.3 Å². The maximum Gasteiger partial charge on any atom is 0.306 e. The van der Waals surface area contributed by atoms with Crippen LogP contribution in [0.3, 0.4) is 0 Å². The van der Waals surface area contributed by atoms with Gasteiger partial charge in [-0.15, -0.1) is 6.58 Å². The largest absolute Gasteiger partial charge is 0.463 e. The van der Waals surface area contributed by atoms with Crippen LogP contribution in [0.5, 0.6) is 0 Å². The maximum atomic E-state index is 11.1. The summed E-state index contributed by atoms with van der Waals surface area (Å²) < 4.78 is 5.09. The van der Waals surface area contributed by atoms with Crippen LogP contribution in [-0.2, 0) is 9.53 Å². The molecule has 0 saturated carbocycles. The molecule has 0 aliphatic heterocycles. The number of hydrogen-bond acceptors (Lipinski definition) is 2. The van der Waals surface area contributed by atoms with E-state index in [0.29, 0.717) is 6.42 Å². The van der Waals surface area contributed by atoms with E-state index in [1.165, 1.54) is 0 Å². The molecule has 2 nitrogen and oxygen atoms in total. The molecule has 0 aromatic rings. The summed E-state index contributed by atoms with van der Waals surface area (Å²) >= 11 is 0. The quantitative estimate of drug-likeness (QED) is 0.468. The van der Waals surface area contributed by atoms with E-state index in [0.717, 1.165) is 6.42 Å². The van der Waals surface area contributed by atoms with Crippen molar-refractivity contribution in [3.05, 3.63) is 12.7 Å². The number of ether oxygens (including phenoxy) is 1. The molecule has 0 heterocycles. The smallest absolute Gasteiger partial charge is 0.306 e. The van der Waals surface area contributed by atoms with Crippen LogP contribution in [0.15, 0.2) is 12.7 Å². The molecule has 0 radical (unpaired) electrons. The van der Waals surface area contributed by atoms with Crippen LogP contribution in [0.2, 0.25) is 0 Å². The summed E-state index contributed by atoms with van der Waals surface area (Å²) in [6.07, 6.45) is 3.11. The van der Waals surface area contributed by atoms with Crippen molar-refractivity contribution in [3.8, 4) is 0 Å². The Bertz CT molecular complexity index is 152. The minimum absolute atomic E-state index is 0.0366. The normalized spacial score (nSPS) is 14.9. The first-order valence-corrected chi connectivity index (χ1v) is 4.42. The number of carbonyl (C=O) groups excluding carboxylic acids is 1. The monoisotopic (exact) mass is 170 g/mol. The molecule has 0 bridgehead atoms. The van der Waals surface area contributed by atoms with E-state index >= 15 is 0 Å². The van der Waals surface area contributed by atoms with Crippen molar-refractivity contribution in [3.63, 3.8) is 0 Å². The van der Waals surface area contributed by atoms with Gasteiger partial charge in [0, 0.05) is 0 Å². The number of carbonyl (C=O) groups is 1. The first-order valence-electron chi connectivity index (χ1n) is 4.42. The van der Waals surface area contributed by atoms with Crippen molar-refractivity contribution in [2.75, 3.05) is 0 Å². The zero-order chi connectivity index (χ0) is 9.56. The SMILES string of the molecule is C=CC(C)CC(=O)OC(C)CC. The van der Waals surface area contributed by atoms with Crippen LogP contribution < -0.4 is 0 Å². The lowest BCUT2D eigenvalue weighted by Gasteiger charge is -2.11. The van der Waals surface area contributed by atoms with Crippen LogP contribution in [0.25, 0.3) is 0 Å². The number of hydrogen-bond donors (Lipinski definition) is 0. The highest BCUT2D eigenvalue weighted by Crippen LogP contribution is 2.06. The zero-order valence-corrected chi connectivity index (χ0v) is 8.17. The Labute approximate surface area is 74.6 Å². The van der Waals surface area contributed by atoms with E-state index in [-0.39, 0.29) is 18.0 Å². The van der Waals surface area contributed by atoms with Gasteiger partial charge in [0.15, 0.2) is 0 Å². The number of esters is 1.